The molecule has 0 N–H and O–H groups in total. The number of rotatable bonds is 7. The quantitative estimate of drug-likeness (QED) is 0.428. The van der Waals surface area contributed by atoms with Crippen LogP contribution in [0.1, 0.15) is 39.2 Å². The fourth-order valence-corrected chi connectivity index (χ4v) is 1.90. The Balaban J connectivity index is 2.83. The van der Waals surface area contributed by atoms with E-state index in [-0.39, 0.29) is 17.6 Å². The van der Waals surface area contributed by atoms with Gasteiger partial charge in [0.25, 0.3) is 5.90 Å². The summed E-state index contributed by atoms with van der Waals surface area (Å²) in [6.45, 7) is 5.94. The molecule has 3 heteroatoms. The lowest BCUT2D eigenvalue weighted by atomic mass is 10.0. The molecule has 0 saturated heterocycles. The van der Waals surface area contributed by atoms with Crippen molar-refractivity contribution in [3.05, 3.63) is 47.7 Å². The van der Waals surface area contributed by atoms with Gasteiger partial charge < -0.3 is 4.74 Å². The van der Waals surface area contributed by atoms with Gasteiger partial charge in [-0.2, -0.15) is 0 Å². The van der Waals surface area contributed by atoms with E-state index in [4.69, 9.17) is 4.74 Å². The Hall–Kier alpha value is -1.90. The number of benzene rings is 1. The second-order valence-corrected chi connectivity index (χ2v) is 5.05. The fraction of sp³-hybridized carbons (Fsp3) is 0.444. The summed E-state index contributed by atoms with van der Waals surface area (Å²) in [5.74, 6) is 0.888. The van der Waals surface area contributed by atoms with E-state index in [0.29, 0.717) is 6.42 Å². The summed E-state index contributed by atoms with van der Waals surface area (Å²) in [6.07, 6.45) is 4.31. The fourth-order valence-electron chi connectivity index (χ4n) is 1.90. The minimum atomic E-state index is -0.0664. The Morgan fingerprint density at radius 2 is 1.95 bits per heavy atom. The van der Waals surface area contributed by atoms with Crippen molar-refractivity contribution in [3.63, 3.8) is 0 Å². The molecule has 0 aliphatic rings. The average molecular weight is 287 g/mol. The maximum atomic E-state index is 12.2. The predicted octanol–water partition coefficient (Wildman–Crippen LogP) is 4.18. The van der Waals surface area contributed by atoms with Crippen LogP contribution in [0.25, 0.3) is 0 Å². The van der Waals surface area contributed by atoms with Crippen molar-refractivity contribution < 1.29 is 9.53 Å². The number of ether oxygens (including phenoxy) is 1. The van der Waals surface area contributed by atoms with Gasteiger partial charge >= 0.3 is 0 Å². The first-order chi connectivity index (χ1) is 10.1. The van der Waals surface area contributed by atoms with Crippen molar-refractivity contribution >= 4 is 11.7 Å². The van der Waals surface area contributed by atoms with Crippen LogP contribution in [0.4, 0.5) is 0 Å². The van der Waals surface area contributed by atoms with Gasteiger partial charge in [-0.25, -0.2) is 0 Å². The van der Waals surface area contributed by atoms with Gasteiger partial charge in [0.1, 0.15) is 5.76 Å². The highest BCUT2D eigenvalue weighted by Gasteiger charge is 2.20. The second-order valence-electron chi connectivity index (χ2n) is 5.05. The van der Waals surface area contributed by atoms with Gasteiger partial charge in [-0.15, -0.1) is 0 Å². The van der Waals surface area contributed by atoms with Gasteiger partial charge in [0.05, 0.1) is 0 Å². The van der Waals surface area contributed by atoms with Gasteiger partial charge in [-0.1, -0.05) is 51.1 Å². The molecule has 0 aliphatic carbocycles. The molecule has 1 atom stereocenters. The summed E-state index contributed by atoms with van der Waals surface area (Å²) < 4.78 is 5.79. The Labute approximate surface area is 127 Å². The van der Waals surface area contributed by atoms with E-state index in [1.807, 2.05) is 57.2 Å². The molecule has 3 nitrogen and oxygen atoms in total. The Bertz CT molecular complexity index is 503. The van der Waals surface area contributed by atoms with Crippen LogP contribution >= 0.6 is 0 Å². The van der Waals surface area contributed by atoms with Crippen LogP contribution in [0.3, 0.4) is 0 Å². The molecule has 0 radical (unpaired) electrons. The summed E-state index contributed by atoms with van der Waals surface area (Å²) in [5, 5.41) is 0. The molecule has 1 rings (SSSR count). The monoisotopic (exact) mass is 287 g/mol. The Morgan fingerprint density at radius 1 is 1.29 bits per heavy atom. The molecule has 1 aromatic rings. The van der Waals surface area contributed by atoms with Crippen LogP contribution in [0, 0.1) is 5.92 Å². The first-order valence-electron chi connectivity index (χ1n) is 7.54. The summed E-state index contributed by atoms with van der Waals surface area (Å²) >= 11 is 0. The molecule has 1 aromatic carbocycles. The van der Waals surface area contributed by atoms with Crippen molar-refractivity contribution in [3.8, 4) is 0 Å². The molecular weight excluding hydrogens is 262 g/mol. The first kappa shape index (κ1) is 17.2. The second kappa shape index (κ2) is 9.11. The lowest BCUT2D eigenvalue weighted by molar-refractivity contribution is -0.117. The van der Waals surface area contributed by atoms with Gasteiger partial charge in [0.2, 0.25) is 5.78 Å². The molecule has 0 heterocycles. The number of hydrogen-bond donors (Lipinski definition) is 0. The Morgan fingerprint density at radius 3 is 2.48 bits per heavy atom. The molecule has 0 aromatic heterocycles. The van der Waals surface area contributed by atoms with E-state index >= 15 is 0 Å². The van der Waals surface area contributed by atoms with Crippen molar-refractivity contribution in [2.75, 3.05) is 7.05 Å². The summed E-state index contributed by atoms with van der Waals surface area (Å²) in [7, 11) is 1.60. The summed E-state index contributed by atoms with van der Waals surface area (Å²) in [4.78, 5) is 16.2. The van der Waals surface area contributed by atoms with E-state index in [9.17, 15) is 4.79 Å². The molecule has 0 amide bonds. The van der Waals surface area contributed by atoms with E-state index in [1.54, 1.807) is 7.05 Å². The SMILES string of the molecule is CC/C=C(\Cc1ccccc1)O/C(=N\C)C(=O)C(C)CC. The summed E-state index contributed by atoms with van der Waals surface area (Å²) in [5.41, 5.74) is 1.16. The highest BCUT2D eigenvalue weighted by molar-refractivity contribution is 6.37. The van der Waals surface area contributed by atoms with E-state index in [1.165, 1.54) is 0 Å². The number of allylic oxidation sites excluding steroid dienone is 2. The lowest BCUT2D eigenvalue weighted by Crippen LogP contribution is -2.24. The maximum absolute atomic E-state index is 12.2. The standard InChI is InChI=1S/C18H25NO2/c1-5-10-16(13-15-11-8-7-9-12-15)21-18(19-4)17(20)14(3)6-2/h7-12,14H,5-6,13H2,1-4H3/b16-10+,19-18-. The molecular formula is C18H25NO2. The zero-order chi connectivity index (χ0) is 15.7. The number of hydrogen-bond acceptors (Lipinski definition) is 3. The van der Waals surface area contributed by atoms with Gasteiger partial charge in [-0.05, 0) is 24.5 Å². The normalized spacial score (nSPS) is 13.9. The van der Waals surface area contributed by atoms with Crippen LogP contribution in [-0.2, 0) is 16.0 Å². The largest absolute Gasteiger partial charge is 0.441 e. The first-order valence-corrected chi connectivity index (χ1v) is 7.54. The van der Waals surface area contributed by atoms with Crippen molar-refractivity contribution in [1.29, 1.82) is 0 Å². The van der Waals surface area contributed by atoms with Gasteiger partial charge in [0, 0.05) is 19.4 Å². The van der Waals surface area contributed by atoms with Crippen molar-refractivity contribution in [1.82, 2.24) is 0 Å². The predicted molar refractivity (Wildman–Crippen MR) is 87.4 cm³/mol. The van der Waals surface area contributed by atoms with Crippen molar-refractivity contribution in [2.24, 2.45) is 10.9 Å². The third kappa shape index (κ3) is 5.54. The van der Waals surface area contributed by atoms with E-state index in [2.05, 4.69) is 4.99 Å². The average Bonchev–Trinajstić information content (AvgIpc) is 2.52. The number of carbonyl (C=O) groups is 1. The number of aliphatic imine (C=N–C) groups is 1. The maximum Gasteiger partial charge on any atom is 0.258 e. The van der Waals surface area contributed by atoms with Crippen molar-refractivity contribution in [2.45, 2.75) is 40.0 Å². The zero-order valence-corrected chi connectivity index (χ0v) is 13.4. The minimum absolute atomic E-state index is 0.0323. The highest BCUT2D eigenvalue weighted by Crippen LogP contribution is 2.13. The van der Waals surface area contributed by atoms with E-state index in [0.717, 1.165) is 24.2 Å². The molecule has 0 spiro atoms. The number of carbonyl (C=O) groups excluding carboxylic acids is 1. The van der Waals surface area contributed by atoms with Crippen LogP contribution in [0.5, 0.6) is 0 Å². The van der Waals surface area contributed by atoms with Crippen LogP contribution < -0.4 is 0 Å². The molecule has 21 heavy (non-hydrogen) atoms. The van der Waals surface area contributed by atoms with Gasteiger partial charge in [0.15, 0.2) is 0 Å². The molecule has 1 unspecified atom stereocenters. The molecule has 114 valence electrons. The molecule has 0 aliphatic heterocycles. The third-order valence-corrected chi connectivity index (χ3v) is 3.35. The zero-order valence-electron chi connectivity index (χ0n) is 13.4. The summed E-state index contributed by atoms with van der Waals surface area (Å²) in [6, 6.07) is 10.1. The topological polar surface area (TPSA) is 38.7 Å². The number of ketones is 1. The highest BCUT2D eigenvalue weighted by atomic mass is 16.5. The molecule has 0 fully saturated rings. The van der Waals surface area contributed by atoms with Gasteiger partial charge in [-0.3, -0.25) is 9.79 Å². The molecule has 0 saturated carbocycles. The number of nitrogens with zero attached hydrogens (tertiary/aromatic N) is 1. The van der Waals surface area contributed by atoms with Crippen LogP contribution in [0.2, 0.25) is 0 Å². The van der Waals surface area contributed by atoms with E-state index < -0.39 is 0 Å². The van der Waals surface area contributed by atoms with Crippen LogP contribution in [-0.4, -0.2) is 18.7 Å². The Kier molecular flexibility index (Phi) is 7.44. The number of Topliss-reactive ketones (excluding diaryl/α,β-unsaturated/α-hetero) is 1. The smallest absolute Gasteiger partial charge is 0.258 e. The third-order valence-electron chi connectivity index (χ3n) is 3.35. The van der Waals surface area contributed by atoms with Crippen LogP contribution in [0.15, 0.2) is 47.2 Å². The molecule has 0 bridgehead atoms. The lowest BCUT2D eigenvalue weighted by Gasteiger charge is -2.14. The minimum Gasteiger partial charge on any atom is -0.441 e.